The number of imidazole rings is 1. The summed E-state index contributed by atoms with van der Waals surface area (Å²) < 4.78 is 1.79. The number of hydrogen-bond acceptors (Lipinski definition) is 4. The lowest BCUT2D eigenvalue weighted by Crippen LogP contribution is -2.26. The quantitative estimate of drug-likeness (QED) is 0.567. The summed E-state index contributed by atoms with van der Waals surface area (Å²) in [6, 6.07) is 5.63. The van der Waals surface area contributed by atoms with Gasteiger partial charge in [-0.2, -0.15) is 0 Å². The fraction of sp³-hybridized carbons (Fsp3) is 0.500. The van der Waals surface area contributed by atoms with E-state index in [0.29, 0.717) is 37.3 Å². The second kappa shape index (κ2) is 9.78. The molecule has 0 bridgehead atoms. The zero-order chi connectivity index (χ0) is 18.1. The predicted molar refractivity (Wildman–Crippen MR) is 95.4 cm³/mol. The molecule has 7 heteroatoms. The lowest BCUT2D eigenvalue weighted by molar-refractivity contribution is -0.121. The average molecular weight is 346 g/mol. The molecule has 0 aliphatic carbocycles. The summed E-state index contributed by atoms with van der Waals surface area (Å²) in [6.07, 6.45) is 5.38. The van der Waals surface area contributed by atoms with Crippen molar-refractivity contribution in [2.75, 3.05) is 19.7 Å². The van der Waals surface area contributed by atoms with Crippen LogP contribution in [-0.4, -0.2) is 46.0 Å². The first-order chi connectivity index (χ1) is 12.1. The summed E-state index contributed by atoms with van der Waals surface area (Å²) in [5, 5.41) is 14.3. The van der Waals surface area contributed by atoms with Crippen LogP contribution in [-0.2, 0) is 4.79 Å². The molecule has 0 fully saturated rings. The summed E-state index contributed by atoms with van der Waals surface area (Å²) in [6.45, 7) is 3.01. The van der Waals surface area contributed by atoms with Crippen molar-refractivity contribution in [1.82, 2.24) is 20.0 Å². The van der Waals surface area contributed by atoms with Gasteiger partial charge in [0, 0.05) is 32.3 Å². The molecule has 0 spiro atoms. The third-order valence-corrected chi connectivity index (χ3v) is 3.94. The van der Waals surface area contributed by atoms with Gasteiger partial charge in [-0.05, 0) is 38.3 Å². The zero-order valence-corrected chi connectivity index (χ0v) is 14.6. The number of pyridine rings is 1. The number of rotatable bonds is 10. The molecule has 2 aromatic heterocycles. The Balaban J connectivity index is 1.67. The fourth-order valence-corrected chi connectivity index (χ4v) is 2.66. The van der Waals surface area contributed by atoms with Crippen molar-refractivity contribution < 1.29 is 14.7 Å². The molecule has 2 rings (SSSR count). The number of aryl methyl sites for hydroxylation is 1. The molecule has 0 saturated heterocycles. The van der Waals surface area contributed by atoms with Crippen LogP contribution in [0.2, 0.25) is 0 Å². The number of nitrogens with one attached hydrogen (secondary N) is 2. The minimum atomic E-state index is -0.127. The maximum absolute atomic E-state index is 12.4. The Bertz CT molecular complexity index is 711. The molecule has 0 aliphatic rings. The van der Waals surface area contributed by atoms with E-state index in [1.54, 1.807) is 4.40 Å². The Morgan fingerprint density at radius 3 is 2.72 bits per heavy atom. The summed E-state index contributed by atoms with van der Waals surface area (Å²) in [7, 11) is 0. The molecule has 7 nitrogen and oxygen atoms in total. The highest BCUT2D eigenvalue weighted by Crippen LogP contribution is 2.11. The Labute approximate surface area is 147 Å². The van der Waals surface area contributed by atoms with Crippen LogP contribution < -0.4 is 10.6 Å². The normalized spacial score (nSPS) is 10.8. The van der Waals surface area contributed by atoms with E-state index >= 15 is 0 Å². The second-order valence-electron chi connectivity index (χ2n) is 5.97. The van der Waals surface area contributed by atoms with Crippen LogP contribution in [0.5, 0.6) is 0 Å². The third kappa shape index (κ3) is 5.56. The van der Waals surface area contributed by atoms with Crippen molar-refractivity contribution in [3.63, 3.8) is 0 Å². The molecule has 0 unspecified atom stereocenters. The maximum Gasteiger partial charge on any atom is 0.270 e. The standard InChI is InChI=1S/C18H26N4O3/c1-14-17(22-12-6-4-8-15(22)21-14)18(25)20-10-5-2-3-9-16(24)19-11-7-13-23/h4,6,8,12,23H,2-3,5,7,9-11,13H2,1H3,(H,19,24)(H,20,25). The Morgan fingerprint density at radius 1 is 1.12 bits per heavy atom. The van der Waals surface area contributed by atoms with Gasteiger partial charge in [0.05, 0.1) is 5.69 Å². The molecule has 0 aliphatic heterocycles. The number of aliphatic hydroxyl groups excluding tert-OH is 1. The van der Waals surface area contributed by atoms with Gasteiger partial charge < -0.3 is 15.7 Å². The summed E-state index contributed by atoms with van der Waals surface area (Å²) >= 11 is 0. The first-order valence-electron chi connectivity index (χ1n) is 8.73. The first-order valence-corrected chi connectivity index (χ1v) is 8.73. The Kier molecular flexibility index (Phi) is 7.40. The highest BCUT2D eigenvalue weighted by atomic mass is 16.3. The Morgan fingerprint density at radius 2 is 1.92 bits per heavy atom. The van der Waals surface area contributed by atoms with Gasteiger partial charge in [-0.1, -0.05) is 12.5 Å². The lowest BCUT2D eigenvalue weighted by atomic mass is 10.2. The minimum absolute atomic E-state index is 0.0128. The zero-order valence-electron chi connectivity index (χ0n) is 14.6. The predicted octanol–water partition coefficient (Wildman–Crippen LogP) is 1.43. The summed E-state index contributed by atoms with van der Waals surface area (Å²) in [5.74, 6) is -0.114. The van der Waals surface area contributed by atoms with Crippen molar-refractivity contribution in [2.24, 2.45) is 0 Å². The molecule has 0 radical (unpaired) electrons. The number of nitrogens with zero attached hydrogens (tertiary/aromatic N) is 2. The second-order valence-corrected chi connectivity index (χ2v) is 5.97. The van der Waals surface area contributed by atoms with E-state index in [-0.39, 0.29) is 18.4 Å². The first kappa shape index (κ1) is 18.9. The van der Waals surface area contributed by atoms with Gasteiger partial charge in [-0.3, -0.25) is 14.0 Å². The summed E-state index contributed by atoms with van der Waals surface area (Å²) in [4.78, 5) is 28.3. The van der Waals surface area contributed by atoms with Crippen LogP contribution in [0, 0.1) is 6.92 Å². The molecule has 136 valence electrons. The molecule has 0 atom stereocenters. The maximum atomic E-state index is 12.4. The van der Waals surface area contributed by atoms with Gasteiger partial charge in [-0.25, -0.2) is 4.98 Å². The smallest absolute Gasteiger partial charge is 0.270 e. The van der Waals surface area contributed by atoms with E-state index in [9.17, 15) is 9.59 Å². The van der Waals surface area contributed by atoms with Crippen molar-refractivity contribution >= 4 is 17.5 Å². The van der Waals surface area contributed by atoms with Crippen LogP contribution in [0.15, 0.2) is 24.4 Å². The molecule has 3 N–H and O–H groups in total. The molecule has 25 heavy (non-hydrogen) atoms. The van der Waals surface area contributed by atoms with Crippen LogP contribution >= 0.6 is 0 Å². The van der Waals surface area contributed by atoms with E-state index in [4.69, 9.17) is 5.11 Å². The molecule has 0 aromatic carbocycles. The lowest BCUT2D eigenvalue weighted by Gasteiger charge is -2.06. The Hall–Kier alpha value is -2.41. The van der Waals surface area contributed by atoms with E-state index in [1.165, 1.54) is 0 Å². The van der Waals surface area contributed by atoms with Crippen LogP contribution in [0.4, 0.5) is 0 Å². The topological polar surface area (TPSA) is 95.7 Å². The van der Waals surface area contributed by atoms with Crippen molar-refractivity contribution in [3.8, 4) is 0 Å². The molecular weight excluding hydrogens is 320 g/mol. The van der Waals surface area contributed by atoms with Crippen LogP contribution in [0.25, 0.3) is 5.65 Å². The SMILES string of the molecule is Cc1nc2ccccn2c1C(=O)NCCCCCC(=O)NCCCO. The highest BCUT2D eigenvalue weighted by molar-refractivity contribution is 5.94. The number of fused-ring (bicyclic) bond motifs is 1. The van der Waals surface area contributed by atoms with Crippen molar-refractivity contribution in [2.45, 2.75) is 39.0 Å². The number of carbonyl (C=O) groups is 2. The van der Waals surface area contributed by atoms with E-state index in [0.717, 1.165) is 24.9 Å². The number of carbonyl (C=O) groups excluding carboxylic acids is 2. The average Bonchev–Trinajstić information content (AvgIpc) is 2.93. The van der Waals surface area contributed by atoms with Crippen LogP contribution in [0.1, 0.15) is 48.3 Å². The van der Waals surface area contributed by atoms with E-state index in [2.05, 4.69) is 15.6 Å². The van der Waals surface area contributed by atoms with E-state index in [1.807, 2.05) is 31.3 Å². The van der Waals surface area contributed by atoms with Gasteiger partial charge in [0.1, 0.15) is 11.3 Å². The van der Waals surface area contributed by atoms with Crippen LogP contribution in [0.3, 0.4) is 0 Å². The van der Waals surface area contributed by atoms with E-state index < -0.39 is 0 Å². The molecule has 2 amide bonds. The number of aliphatic hydroxyl groups is 1. The largest absolute Gasteiger partial charge is 0.396 e. The summed E-state index contributed by atoms with van der Waals surface area (Å²) in [5.41, 5.74) is 2.04. The number of unbranched alkanes of at least 4 members (excludes halogenated alkanes) is 2. The number of amides is 2. The van der Waals surface area contributed by atoms with Crippen molar-refractivity contribution in [3.05, 3.63) is 35.8 Å². The number of aromatic nitrogens is 2. The molecular formula is C18H26N4O3. The molecule has 0 saturated carbocycles. The minimum Gasteiger partial charge on any atom is -0.396 e. The number of hydrogen-bond donors (Lipinski definition) is 3. The molecule has 2 aromatic rings. The van der Waals surface area contributed by atoms with Crippen molar-refractivity contribution in [1.29, 1.82) is 0 Å². The monoisotopic (exact) mass is 346 g/mol. The highest BCUT2D eigenvalue weighted by Gasteiger charge is 2.15. The van der Waals surface area contributed by atoms with Gasteiger partial charge in [0.2, 0.25) is 5.91 Å². The fourth-order valence-electron chi connectivity index (χ4n) is 2.66. The third-order valence-electron chi connectivity index (χ3n) is 3.94. The van der Waals surface area contributed by atoms with Gasteiger partial charge in [0.25, 0.3) is 5.91 Å². The van der Waals surface area contributed by atoms with Gasteiger partial charge in [-0.15, -0.1) is 0 Å². The molecule has 2 heterocycles. The van der Waals surface area contributed by atoms with Gasteiger partial charge >= 0.3 is 0 Å². The van der Waals surface area contributed by atoms with Gasteiger partial charge in [0.15, 0.2) is 0 Å².